The Balaban J connectivity index is 1.66. The highest BCUT2D eigenvalue weighted by Gasteiger charge is 2.23. The third-order valence-corrected chi connectivity index (χ3v) is 4.47. The Bertz CT molecular complexity index is 699. The van der Waals surface area contributed by atoms with Gasteiger partial charge in [-0.2, -0.15) is 0 Å². The summed E-state index contributed by atoms with van der Waals surface area (Å²) in [5.41, 5.74) is 3.70. The van der Waals surface area contributed by atoms with Crippen LogP contribution in [0.2, 0.25) is 0 Å². The maximum absolute atomic E-state index is 10.9. The third kappa shape index (κ3) is 3.95. The van der Waals surface area contributed by atoms with Crippen LogP contribution in [0.3, 0.4) is 0 Å². The zero-order valence-electron chi connectivity index (χ0n) is 14.1. The minimum absolute atomic E-state index is 0.318. The molecule has 0 heterocycles. The standard InChI is InChI=1S/C20H23NO3/c1-14(16-7-4-3-5-8-16)21-18-11-12-19-17(13-18)9-6-10-20(19)24-23-15(2)22/h3-10,14,18,21H,11-13H2,1-2H3/t14-,18?/m0/s1. The molecule has 3 rings (SSSR count). The Morgan fingerprint density at radius 3 is 2.71 bits per heavy atom. The summed E-state index contributed by atoms with van der Waals surface area (Å²) in [5.74, 6) is 0.205. The van der Waals surface area contributed by atoms with Crippen LogP contribution >= 0.6 is 0 Å². The maximum atomic E-state index is 10.9. The predicted molar refractivity (Wildman–Crippen MR) is 92.6 cm³/mol. The van der Waals surface area contributed by atoms with Gasteiger partial charge in [0, 0.05) is 24.6 Å². The Morgan fingerprint density at radius 2 is 1.96 bits per heavy atom. The van der Waals surface area contributed by atoms with Crippen LogP contribution in [0.25, 0.3) is 0 Å². The first-order valence-electron chi connectivity index (χ1n) is 8.40. The molecule has 0 spiro atoms. The van der Waals surface area contributed by atoms with E-state index < -0.39 is 5.97 Å². The molecule has 1 aliphatic rings. The minimum Gasteiger partial charge on any atom is -0.307 e. The zero-order chi connectivity index (χ0) is 16.9. The van der Waals surface area contributed by atoms with Gasteiger partial charge in [0.25, 0.3) is 0 Å². The number of nitrogens with one attached hydrogen (secondary N) is 1. The van der Waals surface area contributed by atoms with E-state index in [1.807, 2.05) is 18.2 Å². The number of carbonyl (C=O) groups is 1. The Morgan fingerprint density at radius 1 is 1.17 bits per heavy atom. The highest BCUT2D eigenvalue weighted by atomic mass is 17.2. The average Bonchev–Trinajstić information content (AvgIpc) is 2.60. The first-order chi connectivity index (χ1) is 11.6. The number of carbonyl (C=O) groups excluding carboxylic acids is 1. The monoisotopic (exact) mass is 325 g/mol. The first-order valence-corrected chi connectivity index (χ1v) is 8.40. The second kappa shape index (κ2) is 7.49. The lowest BCUT2D eigenvalue weighted by Gasteiger charge is -2.29. The maximum Gasteiger partial charge on any atom is 0.352 e. The SMILES string of the molecule is CC(=O)OOc1cccc2c1CCC(N[C@@H](C)c1ccccc1)C2. The largest absolute Gasteiger partial charge is 0.352 e. The normalized spacial score (nSPS) is 17.7. The molecule has 0 fully saturated rings. The Kier molecular flexibility index (Phi) is 5.16. The second-order valence-corrected chi connectivity index (χ2v) is 6.29. The molecule has 0 aromatic heterocycles. The molecule has 0 bridgehead atoms. The third-order valence-electron chi connectivity index (χ3n) is 4.47. The molecule has 24 heavy (non-hydrogen) atoms. The van der Waals surface area contributed by atoms with E-state index in [-0.39, 0.29) is 0 Å². The van der Waals surface area contributed by atoms with Gasteiger partial charge in [0.05, 0.1) is 0 Å². The molecule has 2 aromatic carbocycles. The van der Waals surface area contributed by atoms with Crippen molar-refractivity contribution < 1.29 is 14.6 Å². The van der Waals surface area contributed by atoms with Crippen molar-refractivity contribution in [3.8, 4) is 5.75 Å². The Labute approximate surface area is 142 Å². The molecular formula is C20H23NO3. The van der Waals surface area contributed by atoms with Crippen molar-refractivity contribution in [2.75, 3.05) is 0 Å². The fraction of sp³-hybridized carbons (Fsp3) is 0.350. The van der Waals surface area contributed by atoms with E-state index in [9.17, 15) is 4.79 Å². The number of fused-ring (bicyclic) bond motifs is 1. The van der Waals surface area contributed by atoms with Gasteiger partial charge in [-0.1, -0.05) is 42.5 Å². The van der Waals surface area contributed by atoms with Crippen LogP contribution in [-0.4, -0.2) is 12.0 Å². The first kappa shape index (κ1) is 16.5. The summed E-state index contributed by atoms with van der Waals surface area (Å²) in [6.07, 6.45) is 2.89. The van der Waals surface area contributed by atoms with Crippen LogP contribution in [0, 0.1) is 0 Å². The summed E-state index contributed by atoms with van der Waals surface area (Å²) in [4.78, 5) is 20.8. The topological polar surface area (TPSA) is 47.6 Å². The predicted octanol–water partition coefficient (Wildman–Crippen LogP) is 3.75. The van der Waals surface area contributed by atoms with Crippen LogP contribution in [0.4, 0.5) is 0 Å². The van der Waals surface area contributed by atoms with Crippen molar-refractivity contribution in [3.63, 3.8) is 0 Å². The molecule has 4 nitrogen and oxygen atoms in total. The van der Waals surface area contributed by atoms with Crippen LogP contribution in [0.1, 0.15) is 43.0 Å². The van der Waals surface area contributed by atoms with E-state index in [1.54, 1.807) is 0 Å². The highest BCUT2D eigenvalue weighted by Crippen LogP contribution is 2.30. The number of hydrogen-bond donors (Lipinski definition) is 1. The van der Waals surface area contributed by atoms with Crippen molar-refractivity contribution in [3.05, 3.63) is 65.2 Å². The van der Waals surface area contributed by atoms with Crippen molar-refractivity contribution in [2.24, 2.45) is 0 Å². The molecule has 0 radical (unpaired) electrons. The molecule has 126 valence electrons. The highest BCUT2D eigenvalue weighted by molar-refractivity contribution is 5.65. The van der Waals surface area contributed by atoms with Gasteiger partial charge in [-0.15, -0.1) is 0 Å². The van der Waals surface area contributed by atoms with E-state index in [2.05, 4.69) is 47.5 Å². The molecule has 2 aromatic rings. The van der Waals surface area contributed by atoms with Crippen LogP contribution < -0.4 is 10.2 Å². The average molecular weight is 325 g/mol. The van der Waals surface area contributed by atoms with Crippen molar-refractivity contribution in [1.82, 2.24) is 5.32 Å². The fourth-order valence-corrected chi connectivity index (χ4v) is 3.29. The fourth-order valence-electron chi connectivity index (χ4n) is 3.29. The summed E-state index contributed by atoms with van der Waals surface area (Å²) < 4.78 is 0. The smallest absolute Gasteiger partial charge is 0.307 e. The van der Waals surface area contributed by atoms with Gasteiger partial charge < -0.3 is 5.32 Å². The lowest BCUT2D eigenvalue weighted by molar-refractivity contribution is -0.211. The van der Waals surface area contributed by atoms with Crippen molar-refractivity contribution in [2.45, 2.75) is 45.2 Å². The summed E-state index contributed by atoms with van der Waals surface area (Å²) in [6.45, 7) is 3.53. The lowest BCUT2D eigenvalue weighted by atomic mass is 9.87. The molecular weight excluding hydrogens is 302 g/mol. The molecule has 2 atom stereocenters. The van der Waals surface area contributed by atoms with Crippen molar-refractivity contribution >= 4 is 5.97 Å². The van der Waals surface area contributed by atoms with Gasteiger partial charge in [-0.3, -0.25) is 9.78 Å². The second-order valence-electron chi connectivity index (χ2n) is 6.29. The number of benzene rings is 2. The van der Waals surface area contributed by atoms with Gasteiger partial charge in [-0.25, -0.2) is 4.79 Å². The number of rotatable bonds is 5. The lowest BCUT2D eigenvalue weighted by Crippen LogP contribution is -2.36. The van der Waals surface area contributed by atoms with E-state index in [0.29, 0.717) is 17.8 Å². The van der Waals surface area contributed by atoms with Crippen molar-refractivity contribution in [1.29, 1.82) is 0 Å². The molecule has 1 N–H and O–H groups in total. The molecule has 1 unspecified atom stereocenters. The van der Waals surface area contributed by atoms with Gasteiger partial charge >= 0.3 is 5.97 Å². The minimum atomic E-state index is -0.445. The molecule has 1 aliphatic carbocycles. The van der Waals surface area contributed by atoms with E-state index >= 15 is 0 Å². The molecule has 4 heteroatoms. The Hall–Kier alpha value is -2.33. The van der Waals surface area contributed by atoms with E-state index in [0.717, 1.165) is 24.8 Å². The number of hydrogen-bond acceptors (Lipinski definition) is 4. The molecule has 0 saturated heterocycles. The van der Waals surface area contributed by atoms with E-state index in [4.69, 9.17) is 4.89 Å². The quantitative estimate of drug-likeness (QED) is 0.672. The zero-order valence-corrected chi connectivity index (χ0v) is 14.1. The van der Waals surface area contributed by atoms with Gasteiger partial charge in [0.1, 0.15) is 0 Å². The van der Waals surface area contributed by atoms with Crippen LogP contribution in [-0.2, 0) is 22.5 Å². The van der Waals surface area contributed by atoms with Crippen LogP contribution in [0.5, 0.6) is 5.75 Å². The van der Waals surface area contributed by atoms with Gasteiger partial charge in [0.15, 0.2) is 5.75 Å². The summed E-state index contributed by atoms with van der Waals surface area (Å²) in [5, 5.41) is 3.72. The molecule has 0 saturated carbocycles. The summed E-state index contributed by atoms with van der Waals surface area (Å²) in [7, 11) is 0. The summed E-state index contributed by atoms with van der Waals surface area (Å²) in [6, 6.07) is 17.1. The summed E-state index contributed by atoms with van der Waals surface area (Å²) >= 11 is 0. The van der Waals surface area contributed by atoms with Gasteiger partial charge in [-0.05, 0) is 43.4 Å². The molecule has 0 aliphatic heterocycles. The molecule has 0 amide bonds. The van der Waals surface area contributed by atoms with Gasteiger partial charge in [0.2, 0.25) is 0 Å². The van der Waals surface area contributed by atoms with E-state index in [1.165, 1.54) is 18.1 Å². The van der Waals surface area contributed by atoms with Crippen LogP contribution in [0.15, 0.2) is 48.5 Å².